The lowest BCUT2D eigenvalue weighted by molar-refractivity contribution is -0.121. The molecule has 1 unspecified atom stereocenters. The van der Waals surface area contributed by atoms with Crippen LogP contribution in [0.1, 0.15) is 22.9 Å². The highest BCUT2D eigenvalue weighted by atomic mass is 16.5. The van der Waals surface area contributed by atoms with E-state index in [1.54, 1.807) is 4.57 Å². The second-order valence-electron chi connectivity index (χ2n) is 6.10. The molecule has 1 atom stereocenters. The Labute approximate surface area is 146 Å². The van der Waals surface area contributed by atoms with Crippen LogP contribution in [0.3, 0.4) is 0 Å². The Bertz CT molecular complexity index is 982. The third-order valence-electron chi connectivity index (χ3n) is 4.23. The predicted octanol–water partition coefficient (Wildman–Crippen LogP) is 3.45. The first kappa shape index (κ1) is 16.7. The minimum atomic E-state index is -0.955. The number of aromatic nitrogens is 2. The maximum atomic E-state index is 12.6. The third kappa shape index (κ3) is 3.24. The highest BCUT2D eigenvalue weighted by molar-refractivity contribution is 5.90. The quantitative estimate of drug-likeness (QED) is 0.717. The van der Waals surface area contributed by atoms with Gasteiger partial charge in [-0.3, -0.25) is 4.79 Å². The largest absolute Gasteiger partial charge is 0.485 e. The summed E-state index contributed by atoms with van der Waals surface area (Å²) in [5, 5.41) is 9.51. The van der Waals surface area contributed by atoms with Crippen LogP contribution in [0.15, 0.2) is 42.5 Å². The van der Waals surface area contributed by atoms with E-state index in [1.165, 1.54) is 0 Å². The van der Waals surface area contributed by atoms with Crippen molar-refractivity contribution < 1.29 is 9.53 Å². The standard InChI is InChI=1S/C20H19N3O2/c1-13-8-9-19(14(2)10-13)25-12-18(24)15(11-21)20-22-16-6-4-5-7-17(16)23(20)3/h4-10,15H,12H2,1-3H3. The van der Waals surface area contributed by atoms with Crippen LogP contribution in [0.5, 0.6) is 5.75 Å². The van der Waals surface area contributed by atoms with Crippen LogP contribution in [0.2, 0.25) is 0 Å². The maximum Gasteiger partial charge on any atom is 0.194 e. The Kier molecular flexibility index (Phi) is 4.53. The van der Waals surface area contributed by atoms with Crippen molar-refractivity contribution in [2.24, 2.45) is 7.05 Å². The van der Waals surface area contributed by atoms with Crippen molar-refractivity contribution in [3.05, 3.63) is 59.4 Å². The smallest absolute Gasteiger partial charge is 0.194 e. The summed E-state index contributed by atoms with van der Waals surface area (Å²) in [4.78, 5) is 17.0. The molecule has 0 aliphatic heterocycles. The van der Waals surface area contributed by atoms with E-state index in [4.69, 9.17) is 4.74 Å². The van der Waals surface area contributed by atoms with Gasteiger partial charge >= 0.3 is 0 Å². The van der Waals surface area contributed by atoms with E-state index >= 15 is 0 Å². The number of benzene rings is 2. The van der Waals surface area contributed by atoms with Gasteiger partial charge in [-0.15, -0.1) is 0 Å². The topological polar surface area (TPSA) is 67.9 Å². The fraction of sp³-hybridized carbons (Fsp3) is 0.250. The van der Waals surface area contributed by atoms with Crippen molar-refractivity contribution in [3.63, 3.8) is 0 Å². The molecule has 0 saturated heterocycles. The van der Waals surface area contributed by atoms with Crippen LogP contribution >= 0.6 is 0 Å². The molecule has 0 saturated carbocycles. The number of aryl methyl sites for hydroxylation is 3. The lowest BCUT2D eigenvalue weighted by atomic mass is 10.1. The molecule has 1 aromatic heterocycles. The van der Waals surface area contributed by atoms with Gasteiger partial charge in [-0.1, -0.05) is 29.8 Å². The summed E-state index contributed by atoms with van der Waals surface area (Å²) in [5.41, 5.74) is 3.75. The number of ketones is 1. The molecular weight excluding hydrogens is 314 g/mol. The van der Waals surface area contributed by atoms with Gasteiger partial charge in [0.05, 0.1) is 17.1 Å². The molecule has 3 rings (SSSR count). The third-order valence-corrected chi connectivity index (χ3v) is 4.23. The van der Waals surface area contributed by atoms with Crippen LogP contribution in [0.4, 0.5) is 0 Å². The fourth-order valence-corrected chi connectivity index (χ4v) is 2.89. The van der Waals surface area contributed by atoms with Gasteiger partial charge in [0.25, 0.3) is 0 Å². The van der Waals surface area contributed by atoms with Crippen LogP contribution in [0, 0.1) is 25.2 Å². The summed E-state index contributed by atoms with van der Waals surface area (Å²) in [7, 11) is 1.81. The highest BCUT2D eigenvalue weighted by Crippen LogP contribution is 2.23. The normalized spacial score (nSPS) is 11.9. The van der Waals surface area contributed by atoms with Crippen molar-refractivity contribution in [1.29, 1.82) is 5.26 Å². The molecule has 126 valence electrons. The van der Waals surface area contributed by atoms with Gasteiger partial charge in [0.2, 0.25) is 0 Å². The van der Waals surface area contributed by atoms with E-state index in [0.29, 0.717) is 11.6 Å². The predicted molar refractivity (Wildman–Crippen MR) is 95.5 cm³/mol. The summed E-state index contributed by atoms with van der Waals surface area (Å²) >= 11 is 0. The first-order valence-corrected chi connectivity index (χ1v) is 8.05. The monoisotopic (exact) mass is 333 g/mol. The molecule has 0 spiro atoms. The van der Waals surface area contributed by atoms with Gasteiger partial charge in [0.15, 0.2) is 11.7 Å². The number of hydrogen-bond acceptors (Lipinski definition) is 4. The molecule has 25 heavy (non-hydrogen) atoms. The van der Waals surface area contributed by atoms with Gasteiger partial charge in [-0.05, 0) is 37.6 Å². The lowest BCUT2D eigenvalue weighted by Crippen LogP contribution is -2.21. The summed E-state index contributed by atoms with van der Waals surface area (Å²) < 4.78 is 7.42. The van der Waals surface area contributed by atoms with Gasteiger partial charge in [-0.2, -0.15) is 5.26 Å². The van der Waals surface area contributed by atoms with Crippen LogP contribution in [-0.2, 0) is 11.8 Å². The molecule has 0 amide bonds. The zero-order valence-corrected chi connectivity index (χ0v) is 14.5. The molecule has 3 aromatic rings. The van der Waals surface area contributed by atoms with Crippen LogP contribution in [0.25, 0.3) is 11.0 Å². The van der Waals surface area contributed by atoms with Crippen LogP contribution in [-0.4, -0.2) is 21.9 Å². The minimum Gasteiger partial charge on any atom is -0.485 e. The van der Waals surface area contributed by atoms with E-state index in [-0.39, 0.29) is 12.4 Å². The van der Waals surface area contributed by atoms with E-state index < -0.39 is 5.92 Å². The number of fused-ring (bicyclic) bond motifs is 1. The summed E-state index contributed by atoms with van der Waals surface area (Å²) in [6, 6.07) is 15.4. The average molecular weight is 333 g/mol. The molecule has 0 radical (unpaired) electrons. The second-order valence-corrected chi connectivity index (χ2v) is 6.10. The lowest BCUT2D eigenvalue weighted by Gasteiger charge is -2.12. The zero-order valence-electron chi connectivity index (χ0n) is 14.5. The van der Waals surface area contributed by atoms with Crippen molar-refractivity contribution >= 4 is 16.8 Å². The first-order valence-electron chi connectivity index (χ1n) is 8.05. The maximum absolute atomic E-state index is 12.6. The Morgan fingerprint density at radius 1 is 1.28 bits per heavy atom. The molecular formula is C20H19N3O2. The number of para-hydroxylation sites is 2. The van der Waals surface area contributed by atoms with Crippen molar-refractivity contribution in [3.8, 4) is 11.8 Å². The highest BCUT2D eigenvalue weighted by Gasteiger charge is 2.26. The van der Waals surface area contributed by atoms with Gasteiger partial charge in [-0.25, -0.2) is 4.98 Å². The van der Waals surface area contributed by atoms with Crippen LogP contribution < -0.4 is 4.74 Å². The molecule has 5 heteroatoms. The average Bonchev–Trinajstić information content (AvgIpc) is 2.92. The molecule has 0 fully saturated rings. The number of nitriles is 1. The van der Waals surface area contributed by atoms with Gasteiger partial charge < -0.3 is 9.30 Å². The van der Waals surface area contributed by atoms with E-state index in [1.807, 2.05) is 63.4 Å². The number of nitrogens with zero attached hydrogens (tertiary/aromatic N) is 3. The van der Waals surface area contributed by atoms with Gasteiger partial charge in [0.1, 0.15) is 18.2 Å². The van der Waals surface area contributed by atoms with E-state index in [0.717, 1.165) is 22.2 Å². The SMILES string of the molecule is Cc1ccc(OCC(=O)C(C#N)c2nc3ccccc3n2C)c(C)c1. The van der Waals surface area contributed by atoms with Gasteiger partial charge in [0, 0.05) is 7.05 Å². The summed E-state index contributed by atoms with van der Waals surface area (Å²) in [5.74, 6) is -0.164. The summed E-state index contributed by atoms with van der Waals surface area (Å²) in [6.07, 6.45) is 0. The number of carbonyl (C=O) groups is 1. The molecule has 2 aromatic carbocycles. The van der Waals surface area contributed by atoms with Crippen molar-refractivity contribution in [1.82, 2.24) is 9.55 Å². The Morgan fingerprint density at radius 2 is 2.04 bits per heavy atom. The second kappa shape index (κ2) is 6.78. The minimum absolute atomic E-state index is 0.161. The van der Waals surface area contributed by atoms with Crippen molar-refractivity contribution in [2.75, 3.05) is 6.61 Å². The number of ether oxygens (including phenoxy) is 1. The number of imidazole rings is 1. The zero-order chi connectivity index (χ0) is 18.0. The molecule has 5 nitrogen and oxygen atoms in total. The molecule has 0 N–H and O–H groups in total. The Morgan fingerprint density at radius 3 is 2.72 bits per heavy atom. The Balaban J connectivity index is 1.81. The number of carbonyl (C=O) groups excluding carboxylic acids is 1. The molecule has 0 aliphatic carbocycles. The summed E-state index contributed by atoms with van der Waals surface area (Å²) in [6.45, 7) is 3.77. The molecule has 1 heterocycles. The number of Topliss-reactive ketones (excluding diaryl/α,β-unsaturated/α-hetero) is 1. The molecule has 0 aliphatic rings. The Hall–Kier alpha value is -3.13. The first-order chi connectivity index (χ1) is 12.0. The fourth-order valence-electron chi connectivity index (χ4n) is 2.89. The van der Waals surface area contributed by atoms with E-state index in [2.05, 4.69) is 11.1 Å². The number of rotatable bonds is 5. The van der Waals surface area contributed by atoms with Crippen molar-refractivity contribution in [2.45, 2.75) is 19.8 Å². The molecule has 0 bridgehead atoms. The van der Waals surface area contributed by atoms with E-state index in [9.17, 15) is 10.1 Å². The number of hydrogen-bond donors (Lipinski definition) is 0.